The Morgan fingerprint density at radius 1 is 1.13 bits per heavy atom. The number of anilines is 1. The first kappa shape index (κ1) is 28.7. The van der Waals surface area contributed by atoms with Gasteiger partial charge in [0.15, 0.2) is 5.82 Å². The summed E-state index contributed by atoms with van der Waals surface area (Å²) >= 11 is 0. The molecule has 5 heterocycles. The number of morpholine rings is 1. The highest BCUT2D eigenvalue weighted by Gasteiger charge is 2.53. The van der Waals surface area contributed by atoms with Crippen molar-refractivity contribution in [2.45, 2.75) is 49.9 Å². The number of halogens is 2. The molecule has 3 aromatic carbocycles. The van der Waals surface area contributed by atoms with E-state index in [0.29, 0.717) is 48.4 Å². The third kappa shape index (κ3) is 4.60. The van der Waals surface area contributed by atoms with Gasteiger partial charge in [0.1, 0.15) is 22.9 Å². The van der Waals surface area contributed by atoms with Crippen LogP contribution in [0, 0.1) is 40.7 Å². The van der Waals surface area contributed by atoms with E-state index in [1.807, 2.05) is 0 Å². The molecule has 2 bridgehead atoms. The molecule has 3 unspecified atom stereocenters. The number of hydrogen-bond acceptors (Lipinski definition) is 9. The Bertz CT molecular complexity index is 2060. The van der Waals surface area contributed by atoms with Gasteiger partial charge in [-0.25, -0.2) is 8.78 Å². The molecule has 2 N–H and O–H groups in total. The molecule has 11 heteroatoms. The standard InChI is InChI=1S/C36H32F2N6O3/c1-2-24-27(37)6-3-19-9-23(45)11-25(30(19)24)31-20(12-39)10-26-33(32(31)38)41-35(42-34(26)43-13-21-4-5-22(14-43)40-21)47-18-36(7-8-36)17-44-15-29-28(44)16-46-29/h1,3,6,9-11,21-22,28-29,40,45H,4-5,7-8,13-18H2/t21?,22?,28?,29-/m1/s1. The molecule has 47 heavy (non-hydrogen) atoms. The maximum atomic E-state index is 17.1. The van der Waals surface area contributed by atoms with Crippen molar-refractivity contribution in [1.29, 1.82) is 5.26 Å². The zero-order valence-electron chi connectivity index (χ0n) is 25.6. The monoisotopic (exact) mass is 634 g/mol. The van der Waals surface area contributed by atoms with Gasteiger partial charge in [-0.05, 0) is 60.9 Å². The van der Waals surface area contributed by atoms with Crippen LogP contribution < -0.4 is 15.0 Å². The Kier molecular flexibility index (Phi) is 6.39. The summed E-state index contributed by atoms with van der Waals surface area (Å²) in [6.07, 6.45) is 10.2. The molecule has 4 atom stereocenters. The third-order valence-corrected chi connectivity index (χ3v) is 10.8. The molecule has 9 rings (SSSR count). The van der Waals surface area contributed by atoms with Crippen molar-refractivity contribution in [3.63, 3.8) is 0 Å². The molecule has 1 aromatic heterocycles. The smallest absolute Gasteiger partial charge is 0.319 e. The first-order valence-electron chi connectivity index (χ1n) is 16.2. The van der Waals surface area contributed by atoms with E-state index in [4.69, 9.17) is 20.9 Å². The summed E-state index contributed by atoms with van der Waals surface area (Å²) in [6.45, 7) is 4.41. The molecule has 5 aliphatic rings. The van der Waals surface area contributed by atoms with Crippen molar-refractivity contribution in [3.05, 3.63) is 53.1 Å². The van der Waals surface area contributed by atoms with Gasteiger partial charge in [-0.15, -0.1) is 6.42 Å². The lowest BCUT2D eigenvalue weighted by Crippen LogP contribution is -2.71. The molecule has 238 valence electrons. The molecule has 0 radical (unpaired) electrons. The van der Waals surface area contributed by atoms with Gasteiger partial charge >= 0.3 is 6.01 Å². The first-order valence-corrected chi connectivity index (χ1v) is 16.2. The van der Waals surface area contributed by atoms with Gasteiger partial charge in [-0.1, -0.05) is 12.0 Å². The number of benzene rings is 3. The van der Waals surface area contributed by atoms with Crippen molar-refractivity contribution in [2.75, 3.05) is 44.3 Å². The third-order valence-electron chi connectivity index (χ3n) is 10.8. The number of aromatic nitrogens is 2. The minimum absolute atomic E-state index is 0.00224. The summed E-state index contributed by atoms with van der Waals surface area (Å²) in [5.74, 6) is 1.27. The van der Waals surface area contributed by atoms with Crippen LogP contribution in [0.25, 0.3) is 32.8 Å². The molecule has 9 nitrogen and oxygen atoms in total. The molecule has 0 amide bonds. The molecule has 1 saturated carbocycles. The minimum Gasteiger partial charge on any atom is -0.508 e. The van der Waals surface area contributed by atoms with Crippen LogP contribution in [0.1, 0.15) is 36.8 Å². The van der Waals surface area contributed by atoms with Crippen LogP contribution in [0.2, 0.25) is 0 Å². The van der Waals surface area contributed by atoms with E-state index in [1.54, 1.807) is 6.07 Å². The molecule has 1 aliphatic carbocycles. The molecule has 4 saturated heterocycles. The Morgan fingerprint density at radius 3 is 2.60 bits per heavy atom. The lowest BCUT2D eigenvalue weighted by Gasteiger charge is -2.55. The van der Waals surface area contributed by atoms with Gasteiger partial charge in [0, 0.05) is 60.0 Å². The lowest BCUT2D eigenvalue weighted by atomic mass is 9.90. The predicted octanol–water partition coefficient (Wildman–Crippen LogP) is 4.47. The highest BCUT2D eigenvalue weighted by atomic mass is 19.1. The van der Waals surface area contributed by atoms with Gasteiger partial charge in [-0.2, -0.15) is 15.2 Å². The number of hydrogen-bond donors (Lipinski definition) is 2. The van der Waals surface area contributed by atoms with E-state index >= 15 is 4.39 Å². The topological polar surface area (TPSA) is 107 Å². The molecule has 4 aliphatic heterocycles. The van der Waals surface area contributed by atoms with Crippen molar-refractivity contribution in [2.24, 2.45) is 5.41 Å². The summed E-state index contributed by atoms with van der Waals surface area (Å²) in [4.78, 5) is 14.1. The Hall–Kier alpha value is -4.55. The van der Waals surface area contributed by atoms with Gasteiger partial charge in [-0.3, -0.25) is 4.90 Å². The number of rotatable bonds is 7. The van der Waals surface area contributed by atoms with Crippen LogP contribution in [-0.2, 0) is 4.74 Å². The van der Waals surface area contributed by atoms with Crippen molar-refractivity contribution >= 4 is 27.5 Å². The molecule has 4 aromatic rings. The zero-order valence-corrected chi connectivity index (χ0v) is 25.6. The van der Waals surface area contributed by atoms with Crippen LogP contribution in [0.5, 0.6) is 11.8 Å². The number of nitriles is 1. The molecular formula is C36H32F2N6O3. The summed E-state index contributed by atoms with van der Waals surface area (Å²) in [5.41, 5.74) is -0.111. The maximum absolute atomic E-state index is 17.1. The average molecular weight is 635 g/mol. The van der Waals surface area contributed by atoms with Crippen LogP contribution in [0.3, 0.4) is 0 Å². The average Bonchev–Trinajstić information content (AvgIpc) is 3.75. The highest BCUT2D eigenvalue weighted by Crippen LogP contribution is 2.49. The Balaban J connectivity index is 1.18. The first-order chi connectivity index (χ1) is 22.8. The second-order valence-corrected chi connectivity index (χ2v) is 13.8. The lowest BCUT2D eigenvalue weighted by molar-refractivity contribution is -0.218. The van der Waals surface area contributed by atoms with Crippen LogP contribution in [0.15, 0.2) is 30.3 Å². The largest absolute Gasteiger partial charge is 0.508 e. The Labute approximate surface area is 270 Å². The maximum Gasteiger partial charge on any atom is 0.319 e. The van der Waals surface area contributed by atoms with Crippen LogP contribution in [-0.4, -0.2) is 83.6 Å². The number of likely N-dealkylation sites (tertiary alicyclic amines) is 1. The summed E-state index contributed by atoms with van der Waals surface area (Å²) in [7, 11) is 0. The van der Waals surface area contributed by atoms with Gasteiger partial charge in [0.2, 0.25) is 0 Å². The van der Waals surface area contributed by atoms with Gasteiger partial charge in [0.25, 0.3) is 0 Å². The summed E-state index contributed by atoms with van der Waals surface area (Å²) in [5, 5.41) is 25.7. The van der Waals surface area contributed by atoms with E-state index in [9.17, 15) is 14.8 Å². The van der Waals surface area contributed by atoms with E-state index < -0.39 is 11.6 Å². The Morgan fingerprint density at radius 2 is 1.94 bits per heavy atom. The molecular weight excluding hydrogens is 602 g/mol. The second kappa shape index (κ2) is 10.5. The fourth-order valence-corrected chi connectivity index (χ4v) is 8.00. The normalized spacial score (nSPS) is 25.5. The van der Waals surface area contributed by atoms with E-state index in [1.165, 1.54) is 24.3 Å². The number of fused-ring (bicyclic) bond motifs is 5. The molecule has 0 spiro atoms. The number of terminal acetylenes is 1. The SMILES string of the molecule is C#Cc1c(F)ccc2cc(O)cc(-c3c(C#N)cc4c(N5CC6CCC(C5)N6)nc(OCC5(CN6C[C@H]7OCC76)CC5)nc4c3F)c12. The van der Waals surface area contributed by atoms with Crippen LogP contribution in [0.4, 0.5) is 14.6 Å². The second-order valence-electron chi connectivity index (χ2n) is 13.8. The van der Waals surface area contributed by atoms with Gasteiger partial charge < -0.3 is 24.8 Å². The van der Waals surface area contributed by atoms with E-state index in [0.717, 1.165) is 45.4 Å². The number of ether oxygens (including phenoxy) is 2. The summed E-state index contributed by atoms with van der Waals surface area (Å²) in [6, 6.07) is 10.3. The fourth-order valence-electron chi connectivity index (χ4n) is 8.00. The van der Waals surface area contributed by atoms with Crippen molar-refractivity contribution < 1.29 is 23.4 Å². The number of piperazine rings is 1. The van der Waals surface area contributed by atoms with E-state index in [-0.39, 0.29) is 62.4 Å². The van der Waals surface area contributed by atoms with Crippen molar-refractivity contribution in [1.82, 2.24) is 20.2 Å². The minimum atomic E-state index is -0.789. The van der Waals surface area contributed by atoms with Gasteiger partial charge in [0.05, 0.1) is 42.6 Å². The number of nitrogens with zero attached hydrogens (tertiary/aromatic N) is 5. The van der Waals surface area contributed by atoms with Crippen LogP contribution >= 0.6 is 0 Å². The number of phenols is 1. The van der Waals surface area contributed by atoms with E-state index in [2.05, 4.69) is 32.1 Å². The number of aromatic hydroxyl groups is 1. The molecule has 5 fully saturated rings. The fraction of sp³-hybridized carbons (Fsp3) is 0.417. The predicted molar refractivity (Wildman–Crippen MR) is 171 cm³/mol. The highest BCUT2D eigenvalue weighted by molar-refractivity contribution is 6.05. The van der Waals surface area contributed by atoms with Crippen molar-refractivity contribution in [3.8, 4) is 41.3 Å². The summed E-state index contributed by atoms with van der Waals surface area (Å²) < 4.78 is 44.0. The number of nitrogens with one attached hydrogen (secondary N) is 1. The number of phenolic OH excluding ortho intramolecular Hbond substituents is 1. The zero-order chi connectivity index (χ0) is 32.0. The quantitative estimate of drug-likeness (QED) is 0.285.